The number of halogens is 4. The molecule has 38 heavy (non-hydrogen) atoms. The van der Waals surface area contributed by atoms with E-state index in [1.54, 1.807) is 4.90 Å². The minimum absolute atomic E-state index is 0.0378. The molecule has 1 aromatic carbocycles. The van der Waals surface area contributed by atoms with Crippen LogP contribution in [0.5, 0.6) is 0 Å². The maximum Gasteiger partial charge on any atom is 0.416 e. The van der Waals surface area contributed by atoms with Gasteiger partial charge in [0.25, 0.3) is 0 Å². The van der Waals surface area contributed by atoms with Gasteiger partial charge >= 0.3 is 6.18 Å². The molecule has 200 valence electrons. The van der Waals surface area contributed by atoms with Gasteiger partial charge in [0.1, 0.15) is 16.6 Å². The third kappa shape index (κ3) is 4.68. The SMILES string of the molecule is CC1CN(c2nc(-c3ccc(C(F)(F)F)cc3F)c3sc(N(C)C)nc3n2)CC(c2cnn(C3CC3)c2)O1. The number of nitrogens with zero attached hydrogens (tertiary/aromatic N) is 7. The standard InChI is InChI=1S/C25H25F4N7OS/c1-13-10-35(12-19(37-13)14-9-30-36(11-14)16-5-6-16)23-31-20(21-22(32-23)33-24(38-21)34(2)3)17-7-4-15(8-18(17)26)25(27,28)29/h4,7-9,11,13,16,19H,5-6,10,12H2,1-3H3. The number of hydrogen-bond donors (Lipinski definition) is 0. The fourth-order valence-electron chi connectivity index (χ4n) is 4.56. The van der Waals surface area contributed by atoms with Crippen LogP contribution in [0.4, 0.5) is 28.6 Å². The van der Waals surface area contributed by atoms with E-state index in [9.17, 15) is 13.2 Å². The largest absolute Gasteiger partial charge is 0.416 e. The summed E-state index contributed by atoms with van der Waals surface area (Å²) in [6.45, 7) is 2.87. The minimum atomic E-state index is -4.65. The van der Waals surface area contributed by atoms with E-state index in [1.807, 2.05) is 43.0 Å². The molecule has 1 aliphatic heterocycles. The van der Waals surface area contributed by atoms with Crippen molar-refractivity contribution in [2.24, 2.45) is 0 Å². The maximum absolute atomic E-state index is 15.1. The number of rotatable bonds is 5. The van der Waals surface area contributed by atoms with Crippen molar-refractivity contribution in [1.82, 2.24) is 24.7 Å². The Labute approximate surface area is 219 Å². The molecule has 2 fully saturated rings. The number of fused-ring (bicyclic) bond motifs is 1. The normalized spacial score (nSPS) is 20.3. The van der Waals surface area contributed by atoms with Crippen molar-refractivity contribution < 1.29 is 22.3 Å². The molecule has 8 nitrogen and oxygen atoms in total. The first-order valence-corrected chi connectivity index (χ1v) is 13.1. The highest BCUT2D eigenvalue weighted by Crippen LogP contribution is 2.39. The summed E-state index contributed by atoms with van der Waals surface area (Å²) < 4.78 is 63.3. The first kappa shape index (κ1) is 25.0. The fourth-order valence-corrected chi connectivity index (χ4v) is 5.49. The van der Waals surface area contributed by atoms with Gasteiger partial charge in [0, 0.05) is 38.0 Å². The number of benzene rings is 1. The number of anilines is 2. The van der Waals surface area contributed by atoms with Gasteiger partial charge in [-0.25, -0.2) is 9.37 Å². The van der Waals surface area contributed by atoms with E-state index in [-0.39, 0.29) is 23.5 Å². The second kappa shape index (κ2) is 9.16. The summed E-state index contributed by atoms with van der Waals surface area (Å²) in [7, 11) is 3.64. The number of hydrogen-bond acceptors (Lipinski definition) is 8. The summed E-state index contributed by atoms with van der Waals surface area (Å²) in [4.78, 5) is 17.7. The molecule has 2 atom stereocenters. The van der Waals surface area contributed by atoms with Crippen LogP contribution in [-0.4, -0.2) is 58.0 Å². The molecule has 2 unspecified atom stereocenters. The lowest BCUT2D eigenvalue weighted by molar-refractivity contribution is -0.137. The third-order valence-corrected chi connectivity index (χ3v) is 7.84. The topological polar surface area (TPSA) is 72.2 Å². The van der Waals surface area contributed by atoms with Crippen LogP contribution in [-0.2, 0) is 10.9 Å². The molecule has 0 bridgehead atoms. The predicted octanol–water partition coefficient (Wildman–Crippen LogP) is 5.48. The van der Waals surface area contributed by atoms with Crippen LogP contribution in [0.15, 0.2) is 30.6 Å². The van der Waals surface area contributed by atoms with Crippen molar-refractivity contribution in [3.8, 4) is 11.3 Å². The molecule has 1 aliphatic carbocycles. The second-order valence-electron chi connectivity index (χ2n) is 9.93. The lowest BCUT2D eigenvalue weighted by Gasteiger charge is -2.36. The molecule has 1 saturated carbocycles. The predicted molar refractivity (Wildman–Crippen MR) is 136 cm³/mol. The van der Waals surface area contributed by atoms with Gasteiger partial charge in [-0.05, 0) is 38.0 Å². The Bertz CT molecular complexity index is 1500. The summed E-state index contributed by atoms with van der Waals surface area (Å²) >= 11 is 1.26. The van der Waals surface area contributed by atoms with Crippen molar-refractivity contribution >= 4 is 32.8 Å². The molecule has 0 N–H and O–H groups in total. The van der Waals surface area contributed by atoms with Gasteiger partial charge in [-0.1, -0.05) is 11.3 Å². The second-order valence-corrected chi connectivity index (χ2v) is 10.9. The highest BCUT2D eigenvalue weighted by atomic mass is 32.1. The molecule has 6 rings (SSSR count). The van der Waals surface area contributed by atoms with Crippen molar-refractivity contribution in [3.63, 3.8) is 0 Å². The smallest absolute Gasteiger partial charge is 0.367 e. The fraction of sp³-hybridized carbons (Fsp3) is 0.440. The Morgan fingerprint density at radius 3 is 2.58 bits per heavy atom. The number of thiazole rings is 1. The van der Waals surface area contributed by atoms with Gasteiger partial charge in [0.2, 0.25) is 5.95 Å². The van der Waals surface area contributed by atoms with Crippen LogP contribution in [0.1, 0.15) is 43.0 Å². The third-order valence-electron chi connectivity index (χ3n) is 6.62. The van der Waals surface area contributed by atoms with Crippen molar-refractivity contribution in [2.75, 3.05) is 37.0 Å². The molecular weight excluding hydrogens is 522 g/mol. The van der Waals surface area contributed by atoms with Crippen molar-refractivity contribution in [2.45, 2.75) is 44.2 Å². The molecule has 4 aromatic rings. The molecule has 13 heteroatoms. The van der Waals surface area contributed by atoms with Crippen LogP contribution in [0.25, 0.3) is 21.6 Å². The first-order valence-electron chi connectivity index (χ1n) is 12.2. The highest BCUT2D eigenvalue weighted by Gasteiger charge is 2.33. The Balaban J connectivity index is 1.41. The summed E-state index contributed by atoms with van der Waals surface area (Å²) in [6.07, 6.45) is 0.983. The lowest BCUT2D eigenvalue weighted by atomic mass is 10.1. The van der Waals surface area contributed by atoms with Gasteiger partial charge < -0.3 is 14.5 Å². The molecule has 0 spiro atoms. The molecule has 4 heterocycles. The van der Waals surface area contributed by atoms with Gasteiger partial charge in [0.15, 0.2) is 10.8 Å². The number of alkyl halides is 3. The van der Waals surface area contributed by atoms with Crippen molar-refractivity contribution in [1.29, 1.82) is 0 Å². The minimum Gasteiger partial charge on any atom is -0.367 e. The summed E-state index contributed by atoms with van der Waals surface area (Å²) in [6, 6.07) is 2.93. The van der Waals surface area contributed by atoms with E-state index in [0.29, 0.717) is 46.6 Å². The Kier molecular flexibility index (Phi) is 6.02. The zero-order valence-corrected chi connectivity index (χ0v) is 21.7. The van der Waals surface area contributed by atoms with Crippen LogP contribution >= 0.6 is 11.3 Å². The summed E-state index contributed by atoms with van der Waals surface area (Å²) in [5, 5.41) is 5.10. The van der Waals surface area contributed by atoms with E-state index in [1.165, 1.54) is 11.3 Å². The van der Waals surface area contributed by atoms with E-state index in [0.717, 1.165) is 30.5 Å². The van der Waals surface area contributed by atoms with E-state index >= 15 is 4.39 Å². The van der Waals surface area contributed by atoms with Gasteiger partial charge in [0.05, 0.1) is 36.1 Å². The molecule has 3 aromatic heterocycles. The Morgan fingerprint density at radius 1 is 1.11 bits per heavy atom. The summed E-state index contributed by atoms with van der Waals surface area (Å²) in [5.41, 5.74) is 0.421. The highest BCUT2D eigenvalue weighted by molar-refractivity contribution is 7.22. The molecular formula is C25H25F4N7OS. The van der Waals surface area contributed by atoms with Gasteiger partial charge in [-0.2, -0.15) is 28.2 Å². The zero-order chi connectivity index (χ0) is 26.8. The van der Waals surface area contributed by atoms with E-state index in [2.05, 4.69) is 15.1 Å². The van der Waals surface area contributed by atoms with Crippen molar-refractivity contribution in [3.05, 3.63) is 47.5 Å². The molecule has 2 aliphatic rings. The van der Waals surface area contributed by atoms with Gasteiger partial charge in [-0.3, -0.25) is 4.68 Å². The number of aromatic nitrogens is 5. The summed E-state index contributed by atoms with van der Waals surface area (Å²) in [5.74, 6) is -0.691. The Hall–Kier alpha value is -3.32. The number of ether oxygens (including phenoxy) is 1. The Morgan fingerprint density at radius 2 is 1.89 bits per heavy atom. The average molecular weight is 548 g/mol. The number of morpholine rings is 1. The van der Waals surface area contributed by atoms with E-state index in [4.69, 9.17) is 9.72 Å². The molecule has 1 saturated heterocycles. The quantitative estimate of drug-likeness (QED) is 0.307. The van der Waals surface area contributed by atoms with E-state index < -0.39 is 17.6 Å². The molecule has 0 radical (unpaired) electrons. The van der Waals surface area contributed by atoms with Crippen LogP contribution in [0.2, 0.25) is 0 Å². The van der Waals surface area contributed by atoms with Crippen LogP contribution in [0.3, 0.4) is 0 Å². The van der Waals surface area contributed by atoms with Crippen LogP contribution < -0.4 is 9.80 Å². The van der Waals surface area contributed by atoms with Gasteiger partial charge in [-0.15, -0.1) is 0 Å². The molecule has 0 amide bonds. The average Bonchev–Trinajstić information content (AvgIpc) is 3.42. The van der Waals surface area contributed by atoms with Crippen LogP contribution in [0, 0.1) is 5.82 Å². The zero-order valence-electron chi connectivity index (χ0n) is 20.9. The monoisotopic (exact) mass is 547 g/mol. The lowest BCUT2D eigenvalue weighted by Crippen LogP contribution is -2.43. The maximum atomic E-state index is 15.1. The first-order chi connectivity index (χ1) is 18.1.